The highest BCUT2D eigenvalue weighted by atomic mass is 16.3. The number of carbonyl (C=O) groups excluding carboxylic acids is 1. The van der Waals surface area contributed by atoms with Crippen molar-refractivity contribution in [1.29, 1.82) is 0 Å². The summed E-state index contributed by atoms with van der Waals surface area (Å²) in [5, 5.41) is 21.1. The number of fused-ring (bicyclic) bond motifs is 5. The molecule has 6 unspecified atom stereocenters. The van der Waals surface area contributed by atoms with E-state index >= 15 is 0 Å². The molecule has 24 heavy (non-hydrogen) atoms. The Hall–Kier alpha value is -0.670. The van der Waals surface area contributed by atoms with Crippen LogP contribution in [0.15, 0.2) is 11.6 Å². The number of ketones is 1. The Morgan fingerprint density at radius 3 is 2.54 bits per heavy atom. The lowest BCUT2D eigenvalue weighted by Crippen LogP contribution is -2.55. The predicted octanol–water partition coefficient (Wildman–Crippen LogP) is 3.49. The van der Waals surface area contributed by atoms with Crippen molar-refractivity contribution >= 4 is 5.78 Å². The Morgan fingerprint density at radius 2 is 1.83 bits per heavy atom. The molecule has 3 nitrogen and oxygen atoms in total. The van der Waals surface area contributed by atoms with Gasteiger partial charge in [-0.15, -0.1) is 0 Å². The van der Waals surface area contributed by atoms with Gasteiger partial charge in [0.2, 0.25) is 0 Å². The summed E-state index contributed by atoms with van der Waals surface area (Å²) in [5.41, 5.74) is 1.50. The molecule has 3 saturated carbocycles. The van der Waals surface area contributed by atoms with E-state index in [1.54, 1.807) is 6.92 Å². The third-order valence-electron chi connectivity index (χ3n) is 8.59. The molecule has 4 aliphatic carbocycles. The number of aliphatic hydroxyl groups excluding tert-OH is 2. The van der Waals surface area contributed by atoms with Gasteiger partial charge in [-0.3, -0.25) is 4.79 Å². The second-order valence-electron chi connectivity index (χ2n) is 9.57. The van der Waals surface area contributed by atoms with Crippen LogP contribution >= 0.6 is 0 Å². The maximum atomic E-state index is 12.2. The molecule has 0 saturated heterocycles. The second kappa shape index (κ2) is 5.41. The van der Waals surface area contributed by atoms with Gasteiger partial charge in [-0.2, -0.15) is 0 Å². The minimum Gasteiger partial charge on any atom is -0.393 e. The van der Waals surface area contributed by atoms with Gasteiger partial charge < -0.3 is 10.2 Å². The molecular weight excluding hydrogens is 300 g/mol. The maximum absolute atomic E-state index is 12.2. The van der Waals surface area contributed by atoms with Gasteiger partial charge in [0.15, 0.2) is 0 Å². The third kappa shape index (κ3) is 2.13. The monoisotopic (exact) mass is 332 g/mol. The van der Waals surface area contributed by atoms with Crippen molar-refractivity contribution in [3.8, 4) is 0 Å². The SMILES string of the molecule is CC(=O)C1CCC2C3C(CCC12C)C1(C)CC[C@H](O)CC1=C[C@@H]3O. The second-order valence-corrected chi connectivity index (χ2v) is 9.57. The molecule has 2 N–H and O–H groups in total. The van der Waals surface area contributed by atoms with E-state index in [-0.39, 0.29) is 28.8 Å². The molecule has 3 heteroatoms. The van der Waals surface area contributed by atoms with Crippen LogP contribution in [0.25, 0.3) is 0 Å². The summed E-state index contributed by atoms with van der Waals surface area (Å²) in [5.74, 6) is 1.77. The summed E-state index contributed by atoms with van der Waals surface area (Å²) >= 11 is 0. The molecule has 4 aliphatic rings. The van der Waals surface area contributed by atoms with Crippen LogP contribution in [-0.2, 0) is 4.79 Å². The fourth-order valence-electron chi connectivity index (χ4n) is 7.30. The molecule has 4 rings (SSSR count). The molecule has 0 aromatic heterocycles. The van der Waals surface area contributed by atoms with E-state index in [1.165, 1.54) is 5.57 Å². The lowest BCUT2D eigenvalue weighted by molar-refractivity contribution is -0.130. The zero-order valence-electron chi connectivity index (χ0n) is 15.3. The number of hydrogen-bond donors (Lipinski definition) is 2. The summed E-state index contributed by atoms with van der Waals surface area (Å²) in [6.45, 7) is 6.43. The summed E-state index contributed by atoms with van der Waals surface area (Å²) in [4.78, 5) is 12.2. The quantitative estimate of drug-likeness (QED) is 0.723. The summed E-state index contributed by atoms with van der Waals surface area (Å²) in [7, 11) is 0. The minimum atomic E-state index is -0.404. The number of rotatable bonds is 1. The topological polar surface area (TPSA) is 57.5 Å². The van der Waals surface area contributed by atoms with Gasteiger partial charge in [0.25, 0.3) is 0 Å². The first-order valence-electron chi connectivity index (χ1n) is 9.85. The van der Waals surface area contributed by atoms with Gasteiger partial charge >= 0.3 is 0 Å². The highest BCUT2D eigenvalue weighted by Crippen LogP contribution is 2.66. The van der Waals surface area contributed by atoms with Crippen molar-refractivity contribution in [1.82, 2.24) is 0 Å². The lowest BCUT2D eigenvalue weighted by atomic mass is 9.46. The van der Waals surface area contributed by atoms with Crippen LogP contribution in [0.3, 0.4) is 0 Å². The molecule has 0 aliphatic heterocycles. The van der Waals surface area contributed by atoms with Crippen LogP contribution in [0.5, 0.6) is 0 Å². The largest absolute Gasteiger partial charge is 0.393 e. The van der Waals surface area contributed by atoms with Crippen molar-refractivity contribution in [2.45, 2.75) is 77.9 Å². The standard InChI is InChI=1S/C21H32O3/c1-12(22)15-4-5-16-19-17(7-9-21(15,16)3)20(2)8-6-14(23)10-13(20)11-18(19)24/h11,14-19,23-24H,4-10H2,1-3H3/t14-,15?,16?,17?,18-,19?,20?,21?/m0/s1. The molecule has 0 spiro atoms. The summed E-state index contributed by atoms with van der Waals surface area (Å²) in [6.07, 6.45) is 8.39. The average Bonchev–Trinajstić information content (AvgIpc) is 2.86. The molecule has 0 aromatic rings. The zero-order chi connectivity index (χ0) is 17.3. The first-order chi connectivity index (χ1) is 11.3. The fourth-order valence-corrected chi connectivity index (χ4v) is 7.30. The van der Waals surface area contributed by atoms with E-state index < -0.39 is 6.10 Å². The summed E-state index contributed by atoms with van der Waals surface area (Å²) in [6, 6.07) is 0. The number of Topliss-reactive ketones (excluding diaryl/α,β-unsaturated/α-hetero) is 1. The molecule has 0 heterocycles. The molecule has 0 bridgehead atoms. The molecule has 3 fully saturated rings. The van der Waals surface area contributed by atoms with Crippen LogP contribution < -0.4 is 0 Å². The van der Waals surface area contributed by atoms with Gasteiger partial charge in [-0.05, 0) is 80.5 Å². The van der Waals surface area contributed by atoms with E-state index in [0.29, 0.717) is 17.6 Å². The lowest BCUT2D eigenvalue weighted by Gasteiger charge is -2.59. The van der Waals surface area contributed by atoms with Gasteiger partial charge in [-0.25, -0.2) is 0 Å². The number of hydrogen-bond acceptors (Lipinski definition) is 3. The molecule has 0 radical (unpaired) electrons. The van der Waals surface area contributed by atoms with Crippen molar-refractivity contribution < 1.29 is 15.0 Å². The molecule has 0 amide bonds. The van der Waals surface area contributed by atoms with Gasteiger partial charge in [0, 0.05) is 5.92 Å². The van der Waals surface area contributed by atoms with E-state index in [4.69, 9.17) is 0 Å². The Morgan fingerprint density at radius 1 is 1.08 bits per heavy atom. The number of aliphatic hydroxyl groups is 2. The Bertz CT molecular complexity index is 582. The van der Waals surface area contributed by atoms with Crippen molar-refractivity contribution in [2.75, 3.05) is 0 Å². The molecule has 0 aromatic carbocycles. The minimum absolute atomic E-state index is 0.0733. The fraction of sp³-hybridized carbons (Fsp3) is 0.857. The van der Waals surface area contributed by atoms with E-state index in [9.17, 15) is 15.0 Å². The van der Waals surface area contributed by atoms with E-state index in [1.807, 2.05) is 0 Å². The zero-order valence-corrected chi connectivity index (χ0v) is 15.3. The summed E-state index contributed by atoms with van der Waals surface area (Å²) < 4.78 is 0. The van der Waals surface area contributed by atoms with E-state index in [2.05, 4.69) is 19.9 Å². The average molecular weight is 332 g/mol. The highest BCUT2D eigenvalue weighted by molar-refractivity contribution is 5.79. The van der Waals surface area contributed by atoms with Crippen molar-refractivity contribution in [3.05, 3.63) is 11.6 Å². The van der Waals surface area contributed by atoms with Crippen LogP contribution in [-0.4, -0.2) is 28.2 Å². The predicted molar refractivity (Wildman–Crippen MR) is 93.3 cm³/mol. The smallest absolute Gasteiger partial charge is 0.133 e. The Kier molecular flexibility index (Phi) is 3.78. The van der Waals surface area contributed by atoms with Crippen molar-refractivity contribution in [3.63, 3.8) is 0 Å². The third-order valence-corrected chi connectivity index (χ3v) is 8.59. The van der Waals surface area contributed by atoms with E-state index in [0.717, 1.165) is 44.9 Å². The molecular formula is C21H32O3. The van der Waals surface area contributed by atoms with Crippen LogP contribution in [0.1, 0.15) is 65.7 Å². The van der Waals surface area contributed by atoms with Gasteiger partial charge in [-0.1, -0.05) is 25.5 Å². The van der Waals surface area contributed by atoms with Crippen LogP contribution in [0, 0.1) is 34.5 Å². The molecule has 134 valence electrons. The Labute approximate surface area is 145 Å². The van der Waals surface area contributed by atoms with Gasteiger partial charge in [0.05, 0.1) is 12.2 Å². The first-order valence-corrected chi connectivity index (χ1v) is 9.85. The first kappa shape index (κ1) is 16.8. The van der Waals surface area contributed by atoms with Crippen molar-refractivity contribution in [2.24, 2.45) is 34.5 Å². The maximum Gasteiger partial charge on any atom is 0.133 e. The van der Waals surface area contributed by atoms with Crippen LogP contribution in [0.2, 0.25) is 0 Å². The van der Waals surface area contributed by atoms with Crippen LogP contribution in [0.4, 0.5) is 0 Å². The normalized spacial score (nSPS) is 53.6. The Balaban J connectivity index is 1.71. The highest BCUT2D eigenvalue weighted by Gasteiger charge is 2.61. The number of carbonyl (C=O) groups is 1. The van der Waals surface area contributed by atoms with Gasteiger partial charge in [0.1, 0.15) is 5.78 Å². The molecule has 8 atom stereocenters.